The third kappa shape index (κ3) is 3.30. The molecule has 0 atom stereocenters. The molecule has 1 heterocycles. The van der Waals surface area contributed by atoms with Gasteiger partial charge in [-0.2, -0.15) is 0 Å². The molecule has 3 aromatic rings. The Morgan fingerprint density at radius 2 is 1.81 bits per heavy atom. The first-order chi connectivity index (χ1) is 12.5. The highest BCUT2D eigenvalue weighted by Crippen LogP contribution is 2.24. The van der Waals surface area contributed by atoms with E-state index in [9.17, 15) is 13.2 Å². The van der Waals surface area contributed by atoms with Crippen molar-refractivity contribution in [1.29, 1.82) is 0 Å². The van der Waals surface area contributed by atoms with Gasteiger partial charge in [-0.15, -0.1) is 0 Å². The Labute approximate surface area is 152 Å². The van der Waals surface area contributed by atoms with Gasteiger partial charge in [0.25, 0.3) is 5.56 Å². The number of hydrogen-bond acceptors (Lipinski definition) is 3. The molecule has 1 aliphatic carbocycles. The molecule has 2 N–H and O–H groups in total. The van der Waals surface area contributed by atoms with E-state index in [-0.39, 0.29) is 12.1 Å². The van der Waals surface area contributed by atoms with Gasteiger partial charge >= 0.3 is 0 Å². The molecular weight excluding hydrogens is 348 g/mol. The number of aromatic amines is 1. The zero-order valence-electron chi connectivity index (χ0n) is 14.3. The molecule has 1 aliphatic rings. The summed E-state index contributed by atoms with van der Waals surface area (Å²) < 4.78 is 27.7. The predicted octanol–water partition coefficient (Wildman–Crippen LogP) is 2.54. The van der Waals surface area contributed by atoms with Crippen molar-refractivity contribution in [3.8, 4) is 0 Å². The number of H-pyrrole nitrogens is 1. The van der Waals surface area contributed by atoms with Crippen molar-refractivity contribution in [2.45, 2.75) is 30.6 Å². The fourth-order valence-electron chi connectivity index (χ4n) is 3.50. The van der Waals surface area contributed by atoms with E-state index in [1.807, 2.05) is 36.4 Å². The van der Waals surface area contributed by atoms with Gasteiger partial charge < -0.3 is 4.98 Å². The van der Waals surface area contributed by atoms with Crippen LogP contribution in [0.5, 0.6) is 0 Å². The van der Waals surface area contributed by atoms with Gasteiger partial charge in [0.2, 0.25) is 10.0 Å². The van der Waals surface area contributed by atoms with Crippen LogP contribution < -0.4 is 10.3 Å². The number of fused-ring (bicyclic) bond motifs is 2. The summed E-state index contributed by atoms with van der Waals surface area (Å²) in [5.41, 5.74) is 3.53. The van der Waals surface area contributed by atoms with E-state index >= 15 is 0 Å². The van der Waals surface area contributed by atoms with Gasteiger partial charge in [-0.1, -0.05) is 24.3 Å². The van der Waals surface area contributed by atoms with Crippen molar-refractivity contribution < 1.29 is 8.42 Å². The van der Waals surface area contributed by atoms with Crippen molar-refractivity contribution >= 4 is 20.9 Å². The van der Waals surface area contributed by atoms with Gasteiger partial charge in [-0.3, -0.25) is 4.79 Å². The highest BCUT2D eigenvalue weighted by atomic mass is 32.2. The van der Waals surface area contributed by atoms with Gasteiger partial charge in [-0.05, 0) is 66.5 Å². The molecule has 134 valence electrons. The highest BCUT2D eigenvalue weighted by Gasteiger charge is 2.18. The maximum absolute atomic E-state index is 12.5. The zero-order valence-corrected chi connectivity index (χ0v) is 15.1. The number of para-hydroxylation sites is 1. The highest BCUT2D eigenvalue weighted by molar-refractivity contribution is 7.89. The van der Waals surface area contributed by atoms with E-state index in [4.69, 9.17) is 0 Å². The number of rotatable bonds is 5. The Bertz CT molecular complexity index is 1130. The third-order valence-corrected chi connectivity index (χ3v) is 6.36. The molecule has 4 rings (SSSR count). The fourth-order valence-corrected chi connectivity index (χ4v) is 4.58. The first-order valence-electron chi connectivity index (χ1n) is 8.75. The van der Waals surface area contributed by atoms with Crippen LogP contribution in [0.4, 0.5) is 0 Å². The molecular formula is C20H20N2O3S. The van der Waals surface area contributed by atoms with Crippen LogP contribution >= 0.6 is 0 Å². The molecule has 0 saturated heterocycles. The van der Waals surface area contributed by atoms with Gasteiger partial charge in [0.05, 0.1) is 4.90 Å². The van der Waals surface area contributed by atoms with Crippen LogP contribution in [0.3, 0.4) is 0 Å². The average molecular weight is 368 g/mol. The molecule has 1 aromatic heterocycles. The van der Waals surface area contributed by atoms with Crippen LogP contribution in [0.15, 0.2) is 58.2 Å². The number of benzene rings is 2. The fraction of sp³-hybridized carbons (Fsp3) is 0.250. The Morgan fingerprint density at radius 1 is 1.00 bits per heavy atom. The smallest absolute Gasteiger partial charge is 0.251 e. The van der Waals surface area contributed by atoms with Crippen LogP contribution in [-0.4, -0.2) is 19.9 Å². The average Bonchev–Trinajstić information content (AvgIpc) is 3.10. The maximum atomic E-state index is 12.5. The maximum Gasteiger partial charge on any atom is 0.251 e. The lowest BCUT2D eigenvalue weighted by molar-refractivity contribution is 0.581. The monoisotopic (exact) mass is 368 g/mol. The lowest BCUT2D eigenvalue weighted by Crippen LogP contribution is -2.27. The van der Waals surface area contributed by atoms with Gasteiger partial charge in [0, 0.05) is 17.6 Å². The zero-order chi connectivity index (χ0) is 18.1. The Kier molecular flexibility index (Phi) is 4.38. The largest absolute Gasteiger partial charge is 0.322 e. The molecule has 0 amide bonds. The Hall–Kier alpha value is -2.44. The molecule has 6 heteroatoms. The number of nitrogens with one attached hydrogen (secondary N) is 2. The molecule has 0 radical (unpaired) electrons. The topological polar surface area (TPSA) is 79.0 Å². The first-order valence-corrected chi connectivity index (χ1v) is 10.2. The molecule has 0 saturated carbocycles. The summed E-state index contributed by atoms with van der Waals surface area (Å²) >= 11 is 0. The second kappa shape index (κ2) is 6.70. The van der Waals surface area contributed by atoms with Crippen LogP contribution in [0.2, 0.25) is 0 Å². The van der Waals surface area contributed by atoms with Crippen molar-refractivity contribution in [3.63, 3.8) is 0 Å². The third-order valence-electron chi connectivity index (χ3n) is 4.90. The predicted molar refractivity (Wildman–Crippen MR) is 102 cm³/mol. The molecule has 2 aromatic carbocycles. The minimum absolute atomic E-state index is 0.180. The molecule has 0 fully saturated rings. The summed E-state index contributed by atoms with van der Waals surface area (Å²) in [4.78, 5) is 15.3. The summed E-state index contributed by atoms with van der Waals surface area (Å²) in [5, 5.41) is 0.934. The molecule has 0 aliphatic heterocycles. The van der Waals surface area contributed by atoms with Gasteiger partial charge in [-0.25, -0.2) is 13.1 Å². The van der Waals surface area contributed by atoms with Gasteiger partial charge in [0.15, 0.2) is 0 Å². The summed E-state index contributed by atoms with van der Waals surface area (Å²) in [5.74, 6) is 0. The Balaban J connectivity index is 1.49. The second-order valence-corrected chi connectivity index (χ2v) is 8.41. The van der Waals surface area contributed by atoms with Crippen LogP contribution in [0.1, 0.15) is 23.1 Å². The van der Waals surface area contributed by atoms with Crippen LogP contribution in [-0.2, 0) is 29.3 Å². The van der Waals surface area contributed by atoms with E-state index in [1.165, 1.54) is 5.56 Å². The number of aryl methyl sites for hydroxylation is 2. The van der Waals surface area contributed by atoms with E-state index < -0.39 is 10.0 Å². The lowest BCUT2D eigenvalue weighted by Gasteiger charge is -2.09. The van der Waals surface area contributed by atoms with Crippen molar-refractivity contribution in [2.75, 3.05) is 6.54 Å². The minimum atomic E-state index is -3.57. The summed E-state index contributed by atoms with van der Waals surface area (Å²) in [6.07, 6.45) is 3.38. The number of hydrogen-bond donors (Lipinski definition) is 2. The van der Waals surface area contributed by atoms with Gasteiger partial charge in [0.1, 0.15) is 0 Å². The molecule has 0 unspecified atom stereocenters. The standard InChI is InChI=1S/C20H20N2O3S/c23-20-17(12-16-4-1-2-7-19(16)22-20)10-11-21-26(24,25)18-9-8-14-5-3-6-15(14)13-18/h1-2,4,7-9,12-13,21H,3,5-6,10-11H2,(H,22,23). The van der Waals surface area contributed by atoms with Crippen LogP contribution in [0.25, 0.3) is 10.9 Å². The molecule has 26 heavy (non-hydrogen) atoms. The summed E-state index contributed by atoms with van der Waals surface area (Å²) in [7, 11) is -3.57. The molecule has 0 bridgehead atoms. The molecule has 0 spiro atoms. The van der Waals surface area contributed by atoms with E-state index in [0.29, 0.717) is 16.9 Å². The minimum Gasteiger partial charge on any atom is -0.322 e. The normalized spacial score (nSPS) is 13.8. The number of pyridine rings is 1. The summed E-state index contributed by atoms with van der Waals surface area (Å²) in [6.45, 7) is 0.181. The Morgan fingerprint density at radius 3 is 2.69 bits per heavy atom. The summed E-state index contributed by atoms with van der Waals surface area (Å²) in [6, 6.07) is 14.7. The SMILES string of the molecule is O=c1[nH]c2ccccc2cc1CCNS(=O)(=O)c1ccc2c(c1)CCC2. The number of sulfonamides is 1. The van der Waals surface area contributed by atoms with Crippen molar-refractivity contribution in [1.82, 2.24) is 9.71 Å². The molecule has 5 nitrogen and oxygen atoms in total. The van der Waals surface area contributed by atoms with E-state index in [2.05, 4.69) is 9.71 Å². The quantitative estimate of drug-likeness (QED) is 0.726. The van der Waals surface area contributed by atoms with E-state index in [1.54, 1.807) is 12.1 Å². The van der Waals surface area contributed by atoms with Crippen molar-refractivity contribution in [2.24, 2.45) is 0 Å². The number of aromatic nitrogens is 1. The van der Waals surface area contributed by atoms with E-state index in [0.717, 1.165) is 35.7 Å². The lowest BCUT2D eigenvalue weighted by atomic mass is 10.1. The van der Waals surface area contributed by atoms with Crippen LogP contribution in [0, 0.1) is 0 Å². The van der Waals surface area contributed by atoms with Crippen molar-refractivity contribution in [3.05, 3.63) is 75.6 Å². The first kappa shape index (κ1) is 17.0. The second-order valence-electron chi connectivity index (χ2n) is 6.64.